The smallest absolute Gasteiger partial charge is 0.146 e. The van der Waals surface area contributed by atoms with Gasteiger partial charge in [0.05, 0.1) is 5.56 Å². The molecule has 1 aromatic heterocycles. The van der Waals surface area contributed by atoms with E-state index in [2.05, 4.69) is 6.07 Å². The Morgan fingerprint density at radius 1 is 1.23 bits per heavy atom. The molecule has 1 unspecified atom stereocenters. The maximum atomic E-state index is 10.6. The Hall–Kier alpha value is -2.58. The van der Waals surface area contributed by atoms with E-state index in [0.717, 1.165) is 16.7 Å². The predicted molar refractivity (Wildman–Crippen MR) is 105 cm³/mol. The summed E-state index contributed by atoms with van der Waals surface area (Å²) in [6.45, 7) is 1.99. The van der Waals surface area contributed by atoms with Gasteiger partial charge in [0.25, 0.3) is 0 Å². The summed E-state index contributed by atoms with van der Waals surface area (Å²) in [5, 5.41) is 24.2. The molecule has 0 saturated heterocycles. The quantitative estimate of drug-likeness (QED) is 0.574. The van der Waals surface area contributed by atoms with Gasteiger partial charge >= 0.3 is 0 Å². The van der Waals surface area contributed by atoms with Gasteiger partial charge in [0.1, 0.15) is 23.7 Å². The maximum Gasteiger partial charge on any atom is 0.146 e. The van der Waals surface area contributed by atoms with Crippen molar-refractivity contribution in [3.8, 4) is 11.8 Å². The molecular weight excluding hydrogens is 366 g/mol. The summed E-state index contributed by atoms with van der Waals surface area (Å²) < 4.78 is 5.98. The van der Waals surface area contributed by atoms with Crippen molar-refractivity contribution in [3.05, 3.63) is 92.6 Å². The van der Waals surface area contributed by atoms with Crippen molar-refractivity contribution in [2.24, 2.45) is 0 Å². The van der Waals surface area contributed by atoms with Gasteiger partial charge in [-0.2, -0.15) is 16.6 Å². The number of benzene rings is 2. The molecule has 1 N–H and O–H groups in total. The van der Waals surface area contributed by atoms with E-state index in [1.165, 1.54) is 11.3 Å². The molecule has 0 amide bonds. The van der Waals surface area contributed by atoms with Gasteiger partial charge in [-0.1, -0.05) is 41.4 Å². The van der Waals surface area contributed by atoms with Crippen molar-refractivity contribution in [1.29, 1.82) is 5.26 Å². The Bertz CT molecular complexity index is 957. The predicted octanol–water partition coefficient (Wildman–Crippen LogP) is 5.74. The number of aryl methyl sites for hydroxylation is 1. The van der Waals surface area contributed by atoms with Gasteiger partial charge in [0.2, 0.25) is 0 Å². The standard InChI is InChI=1S/C21H16ClNO2S/c1-14-2-4-15(5-3-14)19(24)11-21(17-8-9-26-13-17)25-20-10-18(22)7-6-16(20)12-23/h2-11,13,19,24H,1H3/b21-11-. The lowest BCUT2D eigenvalue weighted by molar-refractivity contribution is 0.227. The fraction of sp³-hybridized carbons (Fsp3) is 0.0952. The summed E-state index contributed by atoms with van der Waals surface area (Å²) in [5.41, 5.74) is 3.08. The summed E-state index contributed by atoms with van der Waals surface area (Å²) in [7, 11) is 0. The number of nitrogens with zero attached hydrogens (tertiary/aromatic N) is 1. The monoisotopic (exact) mass is 381 g/mol. The molecule has 0 aliphatic carbocycles. The lowest BCUT2D eigenvalue weighted by Gasteiger charge is -2.14. The second kappa shape index (κ2) is 8.20. The van der Waals surface area contributed by atoms with E-state index in [1.807, 2.05) is 48.0 Å². The second-order valence-corrected chi connectivity index (χ2v) is 6.97. The first-order valence-electron chi connectivity index (χ1n) is 7.93. The molecule has 0 radical (unpaired) electrons. The zero-order valence-corrected chi connectivity index (χ0v) is 15.6. The summed E-state index contributed by atoms with van der Waals surface area (Å²) in [6, 6.07) is 16.5. The molecular formula is C21H16ClNO2S. The van der Waals surface area contributed by atoms with Crippen molar-refractivity contribution in [1.82, 2.24) is 0 Å². The van der Waals surface area contributed by atoms with Gasteiger partial charge in [-0.05, 0) is 42.1 Å². The molecule has 2 aromatic carbocycles. The van der Waals surface area contributed by atoms with Crippen LogP contribution in [0.5, 0.6) is 5.75 Å². The zero-order chi connectivity index (χ0) is 18.5. The number of halogens is 1. The Labute approximate surface area is 161 Å². The largest absolute Gasteiger partial charge is 0.455 e. The van der Waals surface area contributed by atoms with Crippen LogP contribution in [0.1, 0.15) is 28.4 Å². The van der Waals surface area contributed by atoms with Crippen LogP contribution in [0.2, 0.25) is 5.02 Å². The first kappa shape index (κ1) is 18.2. The Morgan fingerprint density at radius 3 is 2.65 bits per heavy atom. The Balaban J connectivity index is 1.98. The van der Waals surface area contributed by atoms with Crippen LogP contribution in [0.15, 0.2) is 65.4 Å². The minimum Gasteiger partial charge on any atom is -0.455 e. The lowest BCUT2D eigenvalue weighted by atomic mass is 10.1. The normalized spacial score (nSPS) is 12.5. The van der Waals surface area contributed by atoms with Crippen LogP contribution in [0, 0.1) is 18.3 Å². The number of aliphatic hydroxyl groups is 1. The van der Waals surface area contributed by atoms with Crippen LogP contribution >= 0.6 is 22.9 Å². The average molecular weight is 382 g/mol. The number of nitriles is 1. The maximum absolute atomic E-state index is 10.6. The number of hydrogen-bond acceptors (Lipinski definition) is 4. The fourth-order valence-corrected chi connectivity index (χ4v) is 3.20. The third kappa shape index (κ3) is 4.33. The molecule has 0 aliphatic heterocycles. The molecule has 1 atom stereocenters. The van der Waals surface area contributed by atoms with Crippen molar-refractivity contribution in [2.75, 3.05) is 0 Å². The summed E-state index contributed by atoms with van der Waals surface area (Å²) in [4.78, 5) is 0. The molecule has 26 heavy (non-hydrogen) atoms. The van der Waals surface area contributed by atoms with E-state index in [4.69, 9.17) is 16.3 Å². The number of aliphatic hydroxyl groups excluding tert-OH is 1. The molecule has 0 bridgehead atoms. The van der Waals surface area contributed by atoms with Crippen LogP contribution in [0.3, 0.4) is 0 Å². The van der Waals surface area contributed by atoms with Crippen LogP contribution in [-0.4, -0.2) is 5.11 Å². The van der Waals surface area contributed by atoms with Gasteiger partial charge in [-0.25, -0.2) is 0 Å². The van der Waals surface area contributed by atoms with Crippen LogP contribution < -0.4 is 4.74 Å². The summed E-state index contributed by atoms with van der Waals surface area (Å²) >= 11 is 7.57. The van der Waals surface area contributed by atoms with E-state index in [9.17, 15) is 10.4 Å². The van der Waals surface area contributed by atoms with E-state index in [-0.39, 0.29) is 0 Å². The van der Waals surface area contributed by atoms with Crippen molar-refractivity contribution in [3.63, 3.8) is 0 Å². The molecule has 0 aliphatic rings. The minimum atomic E-state index is -0.838. The first-order chi connectivity index (χ1) is 12.6. The molecule has 0 spiro atoms. The lowest BCUT2D eigenvalue weighted by Crippen LogP contribution is -2.01. The van der Waals surface area contributed by atoms with Gasteiger partial charge in [-0.3, -0.25) is 0 Å². The Morgan fingerprint density at radius 2 is 2.00 bits per heavy atom. The molecule has 3 nitrogen and oxygen atoms in total. The summed E-state index contributed by atoms with van der Waals surface area (Å²) in [6.07, 6.45) is 0.796. The van der Waals surface area contributed by atoms with Gasteiger partial charge < -0.3 is 9.84 Å². The fourth-order valence-electron chi connectivity index (χ4n) is 2.39. The first-order valence-corrected chi connectivity index (χ1v) is 9.25. The van der Waals surface area contributed by atoms with Crippen LogP contribution in [-0.2, 0) is 0 Å². The van der Waals surface area contributed by atoms with E-state index >= 15 is 0 Å². The van der Waals surface area contributed by atoms with Gasteiger partial charge in [0, 0.05) is 22.0 Å². The summed E-state index contributed by atoms with van der Waals surface area (Å²) in [5.74, 6) is 0.826. The number of rotatable bonds is 5. The number of hydrogen-bond donors (Lipinski definition) is 1. The minimum absolute atomic E-state index is 0.355. The highest BCUT2D eigenvalue weighted by Crippen LogP contribution is 2.30. The van der Waals surface area contributed by atoms with E-state index < -0.39 is 6.10 Å². The molecule has 5 heteroatoms. The zero-order valence-electron chi connectivity index (χ0n) is 14.0. The molecule has 3 rings (SSSR count). The van der Waals surface area contributed by atoms with E-state index in [0.29, 0.717) is 22.1 Å². The third-order valence-corrected chi connectivity index (χ3v) is 4.74. The second-order valence-electron chi connectivity index (χ2n) is 5.75. The topological polar surface area (TPSA) is 53.2 Å². The highest BCUT2D eigenvalue weighted by molar-refractivity contribution is 7.08. The number of thiophene rings is 1. The third-order valence-electron chi connectivity index (χ3n) is 3.82. The van der Waals surface area contributed by atoms with Crippen LogP contribution in [0.4, 0.5) is 0 Å². The molecule has 130 valence electrons. The van der Waals surface area contributed by atoms with Gasteiger partial charge in [0.15, 0.2) is 0 Å². The van der Waals surface area contributed by atoms with Crippen molar-refractivity contribution < 1.29 is 9.84 Å². The SMILES string of the molecule is Cc1ccc(C(O)/C=C(\Oc2cc(Cl)ccc2C#N)c2ccsc2)cc1. The van der Waals surface area contributed by atoms with Gasteiger partial charge in [-0.15, -0.1) is 0 Å². The van der Waals surface area contributed by atoms with E-state index in [1.54, 1.807) is 24.3 Å². The number of ether oxygens (including phenoxy) is 1. The van der Waals surface area contributed by atoms with Crippen molar-refractivity contribution in [2.45, 2.75) is 13.0 Å². The molecule has 3 aromatic rings. The molecule has 0 saturated carbocycles. The van der Waals surface area contributed by atoms with Crippen molar-refractivity contribution >= 4 is 28.7 Å². The molecule has 1 heterocycles. The molecule has 0 fully saturated rings. The highest BCUT2D eigenvalue weighted by Gasteiger charge is 2.13. The highest BCUT2D eigenvalue weighted by atomic mass is 35.5. The average Bonchev–Trinajstić information content (AvgIpc) is 3.16. The van der Waals surface area contributed by atoms with Crippen LogP contribution in [0.25, 0.3) is 5.76 Å². The Kier molecular flexibility index (Phi) is 5.75.